The second-order valence-electron chi connectivity index (χ2n) is 4.63. The van der Waals surface area contributed by atoms with Gasteiger partial charge in [0.05, 0.1) is 6.04 Å². The zero-order valence-electron chi connectivity index (χ0n) is 11.6. The predicted octanol–water partition coefficient (Wildman–Crippen LogP) is 2.36. The Balaban J connectivity index is 2.41. The van der Waals surface area contributed by atoms with E-state index in [2.05, 4.69) is 10.6 Å². The fraction of sp³-hybridized carbons (Fsp3) is 0.429. The molecule has 1 aromatic carbocycles. The first kappa shape index (κ1) is 15.9. The van der Waals surface area contributed by atoms with Crippen molar-refractivity contribution in [2.45, 2.75) is 32.7 Å². The van der Waals surface area contributed by atoms with Crippen LogP contribution in [0.5, 0.6) is 0 Å². The van der Waals surface area contributed by atoms with Crippen molar-refractivity contribution < 1.29 is 19.1 Å². The zero-order valence-corrected chi connectivity index (χ0v) is 11.6. The van der Waals surface area contributed by atoms with Gasteiger partial charge in [-0.25, -0.2) is 9.18 Å². The summed E-state index contributed by atoms with van der Waals surface area (Å²) in [5.74, 6) is -1.17. The third kappa shape index (κ3) is 5.26. The summed E-state index contributed by atoms with van der Waals surface area (Å²) in [6, 6.07) is 4.05. The van der Waals surface area contributed by atoms with E-state index in [0.29, 0.717) is 18.5 Å². The number of hydrogen-bond acceptors (Lipinski definition) is 2. The molecule has 1 atom stereocenters. The lowest BCUT2D eigenvalue weighted by Crippen LogP contribution is -2.37. The standard InChI is InChI=1S/C14H19FN2O3/c1-9-8-11(5-6-12(9)15)10(2)17-14(20)16-7-3-4-13(18)19/h5-6,8,10H,3-4,7H2,1-2H3,(H,18,19)(H2,16,17,20)/t10-/m1/s1. The van der Waals surface area contributed by atoms with E-state index in [4.69, 9.17) is 5.11 Å². The number of aryl methyl sites for hydroxylation is 1. The summed E-state index contributed by atoms with van der Waals surface area (Å²) < 4.78 is 13.1. The van der Waals surface area contributed by atoms with E-state index in [1.807, 2.05) is 0 Å². The monoisotopic (exact) mass is 282 g/mol. The smallest absolute Gasteiger partial charge is 0.315 e. The molecule has 0 aliphatic rings. The second kappa shape index (κ2) is 7.47. The van der Waals surface area contributed by atoms with Crippen molar-refractivity contribution >= 4 is 12.0 Å². The fourth-order valence-corrected chi connectivity index (χ4v) is 1.71. The highest BCUT2D eigenvalue weighted by Crippen LogP contribution is 2.16. The molecule has 0 aromatic heterocycles. The molecule has 0 fully saturated rings. The van der Waals surface area contributed by atoms with Gasteiger partial charge in [0.15, 0.2) is 0 Å². The average Bonchev–Trinajstić information content (AvgIpc) is 2.37. The number of benzene rings is 1. The van der Waals surface area contributed by atoms with Gasteiger partial charge < -0.3 is 15.7 Å². The summed E-state index contributed by atoms with van der Waals surface area (Å²) in [7, 11) is 0. The van der Waals surface area contributed by atoms with E-state index in [9.17, 15) is 14.0 Å². The molecule has 0 aliphatic carbocycles. The van der Waals surface area contributed by atoms with Crippen molar-refractivity contribution in [1.29, 1.82) is 0 Å². The number of urea groups is 1. The highest BCUT2D eigenvalue weighted by atomic mass is 19.1. The molecular weight excluding hydrogens is 263 g/mol. The normalized spacial score (nSPS) is 11.8. The van der Waals surface area contributed by atoms with Gasteiger partial charge >= 0.3 is 12.0 Å². The van der Waals surface area contributed by atoms with Crippen molar-refractivity contribution in [2.24, 2.45) is 0 Å². The van der Waals surface area contributed by atoms with Gasteiger partial charge in [-0.15, -0.1) is 0 Å². The van der Waals surface area contributed by atoms with Gasteiger partial charge in [0.25, 0.3) is 0 Å². The van der Waals surface area contributed by atoms with Gasteiger partial charge in [-0.05, 0) is 37.5 Å². The van der Waals surface area contributed by atoms with E-state index in [0.717, 1.165) is 5.56 Å². The Kier molecular flexibility index (Phi) is 5.96. The minimum Gasteiger partial charge on any atom is -0.481 e. The Bertz CT molecular complexity index is 491. The molecule has 0 unspecified atom stereocenters. The molecule has 20 heavy (non-hydrogen) atoms. The number of amides is 2. The molecule has 110 valence electrons. The van der Waals surface area contributed by atoms with Crippen LogP contribution < -0.4 is 10.6 Å². The van der Waals surface area contributed by atoms with Crippen molar-refractivity contribution in [2.75, 3.05) is 6.54 Å². The van der Waals surface area contributed by atoms with Crippen molar-refractivity contribution in [3.8, 4) is 0 Å². The molecular formula is C14H19FN2O3. The molecule has 2 amide bonds. The molecule has 0 radical (unpaired) electrons. The Morgan fingerprint density at radius 1 is 1.40 bits per heavy atom. The number of hydrogen-bond donors (Lipinski definition) is 3. The van der Waals surface area contributed by atoms with Gasteiger partial charge in [0.2, 0.25) is 0 Å². The Hall–Kier alpha value is -2.11. The lowest BCUT2D eigenvalue weighted by atomic mass is 10.1. The Morgan fingerprint density at radius 2 is 2.10 bits per heavy atom. The van der Waals surface area contributed by atoms with Crippen LogP contribution in [0.25, 0.3) is 0 Å². The molecule has 5 nitrogen and oxygen atoms in total. The van der Waals surface area contributed by atoms with Gasteiger partial charge in [0.1, 0.15) is 5.82 Å². The number of carbonyl (C=O) groups is 2. The number of nitrogens with one attached hydrogen (secondary N) is 2. The van der Waals surface area contributed by atoms with Crippen LogP contribution in [0.15, 0.2) is 18.2 Å². The van der Waals surface area contributed by atoms with E-state index >= 15 is 0 Å². The van der Waals surface area contributed by atoms with Crippen LogP contribution in [0.3, 0.4) is 0 Å². The van der Waals surface area contributed by atoms with Crippen molar-refractivity contribution in [3.05, 3.63) is 35.1 Å². The quantitative estimate of drug-likeness (QED) is 0.701. The fourth-order valence-electron chi connectivity index (χ4n) is 1.71. The van der Waals surface area contributed by atoms with Crippen LogP contribution in [-0.2, 0) is 4.79 Å². The number of carboxylic acids is 1. The number of aliphatic carboxylic acids is 1. The van der Waals surface area contributed by atoms with Crippen molar-refractivity contribution in [1.82, 2.24) is 10.6 Å². The van der Waals surface area contributed by atoms with E-state index in [-0.39, 0.29) is 24.3 Å². The molecule has 0 heterocycles. The second-order valence-corrected chi connectivity index (χ2v) is 4.63. The highest BCUT2D eigenvalue weighted by molar-refractivity contribution is 5.74. The van der Waals surface area contributed by atoms with E-state index < -0.39 is 5.97 Å². The molecule has 1 rings (SSSR count). The Morgan fingerprint density at radius 3 is 2.70 bits per heavy atom. The van der Waals surface area contributed by atoms with Crippen LogP contribution in [0.2, 0.25) is 0 Å². The first-order valence-electron chi connectivity index (χ1n) is 6.42. The number of halogens is 1. The maximum Gasteiger partial charge on any atom is 0.315 e. The average molecular weight is 282 g/mol. The number of carbonyl (C=O) groups excluding carboxylic acids is 1. The van der Waals surface area contributed by atoms with Gasteiger partial charge in [-0.1, -0.05) is 12.1 Å². The first-order chi connectivity index (χ1) is 9.40. The summed E-state index contributed by atoms with van der Waals surface area (Å²) in [6.07, 6.45) is 0.403. The first-order valence-corrected chi connectivity index (χ1v) is 6.42. The lowest BCUT2D eigenvalue weighted by Gasteiger charge is -2.15. The number of rotatable bonds is 6. The summed E-state index contributed by atoms with van der Waals surface area (Å²) in [5.41, 5.74) is 1.34. The molecule has 6 heteroatoms. The maximum atomic E-state index is 13.1. The minimum atomic E-state index is -0.887. The van der Waals surface area contributed by atoms with Gasteiger partial charge in [-0.3, -0.25) is 4.79 Å². The van der Waals surface area contributed by atoms with Crippen LogP contribution in [-0.4, -0.2) is 23.7 Å². The largest absolute Gasteiger partial charge is 0.481 e. The zero-order chi connectivity index (χ0) is 15.1. The van der Waals surface area contributed by atoms with E-state index in [1.54, 1.807) is 26.0 Å². The molecule has 0 bridgehead atoms. The molecule has 1 aromatic rings. The number of carboxylic acid groups (broad SMARTS) is 1. The minimum absolute atomic E-state index is 0.0208. The summed E-state index contributed by atoms with van der Waals surface area (Å²) in [6.45, 7) is 3.76. The molecule has 0 saturated heterocycles. The lowest BCUT2D eigenvalue weighted by molar-refractivity contribution is -0.137. The summed E-state index contributed by atoms with van der Waals surface area (Å²) in [5, 5.41) is 13.8. The third-order valence-corrected chi connectivity index (χ3v) is 2.88. The van der Waals surface area contributed by atoms with Crippen LogP contribution in [0, 0.1) is 12.7 Å². The Labute approximate surface area is 117 Å². The highest BCUT2D eigenvalue weighted by Gasteiger charge is 2.10. The summed E-state index contributed by atoms with van der Waals surface area (Å²) in [4.78, 5) is 21.9. The topological polar surface area (TPSA) is 78.4 Å². The van der Waals surface area contributed by atoms with Gasteiger partial charge in [0, 0.05) is 13.0 Å². The van der Waals surface area contributed by atoms with Gasteiger partial charge in [-0.2, -0.15) is 0 Å². The SMILES string of the molecule is Cc1cc([C@@H](C)NC(=O)NCCCC(=O)O)ccc1F. The van der Waals surface area contributed by atoms with Crippen LogP contribution in [0.4, 0.5) is 9.18 Å². The molecule has 0 aliphatic heterocycles. The maximum absolute atomic E-state index is 13.1. The van der Waals surface area contributed by atoms with Crippen molar-refractivity contribution in [3.63, 3.8) is 0 Å². The van der Waals surface area contributed by atoms with Crippen LogP contribution in [0.1, 0.15) is 36.9 Å². The predicted molar refractivity (Wildman–Crippen MR) is 73.0 cm³/mol. The van der Waals surface area contributed by atoms with Crippen LogP contribution >= 0.6 is 0 Å². The molecule has 3 N–H and O–H groups in total. The van der Waals surface area contributed by atoms with E-state index in [1.165, 1.54) is 6.07 Å². The molecule has 0 saturated carbocycles. The summed E-state index contributed by atoms with van der Waals surface area (Å²) >= 11 is 0. The molecule has 0 spiro atoms. The third-order valence-electron chi connectivity index (χ3n) is 2.88.